The number of hydrogen-bond acceptors (Lipinski definition) is 1. The van der Waals surface area contributed by atoms with Crippen molar-refractivity contribution in [3.05, 3.63) is 71.5 Å². The Kier molecular flexibility index (Phi) is 5.76. The van der Waals surface area contributed by atoms with Gasteiger partial charge >= 0.3 is 6.03 Å². The summed E-state index contributed by atoms with van der Waals surface area (Å²) in [4.78, 5) is 13.7. The fourth-order valence-corrected chi connectivity index (χ4v) is 2.05. The highest BCUT2D eigenvalue weighted by Gasteiger charge is 2.16. The van der Waals surface area contributed by atoms with Gasteiger partial charge < -0.3 is 10.2 Å². The van der Waals surface area contributed by atoms with Gasteiger partial charge in [0, 0.05) is 12.6 Å². The van der Waals surface area contributed by atoms with Crippen molar-refractivity contribution in [2.45, 2.75) is 13.0 Å². The van der Waals surface area contributed by atoms with Crippen molar-refractivity contribution < 1.29 is 9.18 Å². The number of nitrogens with one attached hydrogen (secondary N) is 1. The van der Waals surface area contributed by atoms with Crippen LogP contribution < -0.4 is 5.32 Å². The molecule has 4 heteroatoms. The van der Waals surface area contributed by atoms with Crippen LogP contribution in [0.2, 0.25) is 0 Å². The molecule has 0 saturated carbocycles. The Labute approximate surface area is 136 Å². The zero-order valence-corrected chi connectivity index (χ0v) is 13.2. The lowest BCUT2D eigenvalue weighted by molar-refractivity contribution is 0.196. The van der Waals surface area contributed by atoms with Crippen molar-refractivity contribution >= 4 is 6.03 Å². The van der Waals surface area contributed by atoms with Gasteiger partial charge in [0.1, 0.15) is 5.82 Å². The van der Waals surface area contributed by atoms with E-state index < -0.39 is 0 Å². The van der Waals surface area contributed by atoms with Crippen LogP contribution in [0, 0.1) is 17.7 Å². The Morgan fingerprint density at radius 2 is 1.83 bits per heavy atom. The molecule has 3 nitrogen and oxygen atoms in total. The van der Waals surface area contributed by atoms with Crippen LogP contribution in [0.5, 0.6) is 0 Å². The van der Waals surface area contributed by atoms with Gasteiger partial charge in [0.15, 0.2) is 0 Å². The topological polar surface area (TPSA) is 32.3 Å². The molecule has 0 aromatic heterocycles. The van der Waals surface area contributed by atoms with Crippen molar-refractivity contribution in [2.75, 3.05) is 13.6 Å². The molecule has 0 spiro atoms. The van der Waals surface area contributed by atoms with Gasteiger partial charge in [-0.25, -0.2) is 9.18 Å². The molecule has 0 heterocycles. The number of rotatable bonds is 3. The van der Waals surface area contributed by atoms with Crippen LogP contribution in [-0.2, 0) is 0 Å². The third-order valence-corrected chi connectivity index (χ3v) is 3.59. The molecule has 23 heavy (non-hydrogen) atoms. The lowest BCUT2D eigenvalue weighted by Gasteiger charge is -2.25. The number of urea groups is 1. The number of benzene rings is 2. The molecule has 0 aliphatic heterocycles. The van der Waals surface area contributed by atoms with Crippen LogP contribution in [0.1, 0.15) is 24.1 Å². The first-order chi connectivity index (χ1) is 11.1. The summed E-state index contributed by atoms with van der Waals surface area (Å²) in [7, 11) is 1.70. The third kappa shape index (κ3) is 4.86. The normalized spacial score (nSPS) is 11.1. The monoisotopic (exact) mass is 310 g/mol. The van der Waals surface area contributed by atoms with Gasteiger partial charge in [0.05, 0.1) is 12.6 Å². The molecule has 0 fully saturated rings. The molecule has 0 bridgehead atoms. The highest BCUT2D eigenvalue weighted by molar-refractivity contribution is 5.74. The van der Waals surface area contributed by atoms with Gasteiger partial charge in [0.2, 0.25) is 0 Å². The molecule has 0 saturated heterocycles. The van der Waals surface area contributed by atoms with E-state index in [4.69, 9.17) is 0 Å². The van der Waals surface area contributed by atoms with Gasteiger partial charge in [0.25, 0.3) is 0 Å². The number of nitrogens with zero attached hydrogens (tertiary/aromatic N) is 1. The lowest BCUT2D eigenvalue weighted by atomic mass is 10.1. The minimum absolute atomic E-state index is 0.155. The Morgan fingerprint density at radius 1 is 1.17 bits per heavy atom. The zero-order chi connectivity index (χ0) is 16.7. The number of hydrogen-bond donors (Lipinski definition) is 1. The Hall–Kier alpha value is -2.80. The van der Waals surface area contributed by atoms with Crippen molar-refractivity contribution in [3.8, 4) is 11.8 Å². The first-order valence-corrected chi connectivity index (χ1v) is 7.38. The summed E-state index contributed by atoms with van der Waals surface area (Å²) in [5.41, 5.74) is 1.79. The first kappa shape index (κ1) is 16.6. The number of halogens is 1. The second kappa shape index (κ2) is 8.00. The molecular formula is C19H19FN2O. The van der Waals surface area contributed by atoms with Crippen molar-refractivity contribution in [2.24, 2.45) is 0 Å². The van der Waals surface area contributed by atoms with E-state index in [9.17, 15) is 9.18 Å². The van der Waals surface area contributed by atoms with E-state index in [1.165, 1.54) is 12.1 Å². The molecule has 0 aliphatic rings. The van der Waals surface area contributed by atoms with Gasteiger partial charge in [-0.1, -0.05) is 42.2 Å². The summed E-state index contributed by atoms with van der Waals surface area (Å²) in [5.74, 6) is 5.61. The molecule has 2 aromatic carbocycles. The van der Waals surface area contributed by atoms with E-state index >= 15 is 0 Å². The fourth-order valence-electron chi connectivity index (χ4n) is 2.05. The van der Waals surface area contributed by atoms with Gasteiger partial charge in [-0.2, -0.15) is 0 Å². The van der Waals surface area contributed by atoms with E-state index in [1.54, 1.807) is 24.1 Å². The average Bonchev–Trinajstić information content (AvgIpc) is 2.59. The smallest absolute Gasteiger partial charge is 0.318 e. The second-order valence-electron chi connectivity index (χ2n) is 5.16. The highest BCUT2D eigenvalue weighted by Crippen LogP contribution is 2.18. The molecule has 1 unspecified atom stereocenters. The van der Waals surface area contributed by atoms with Gasteiger partial charge in [-0.15, -0.1) is 0 Å². The maximum absolute atomic E-state index is 12.9. The minimum atomic E-state index is -0.288. The predicted molar refractivity (Wildman–Crippen MR) is 89.3 cm³/mol. The van der Waals surface area contributed by atoms with Crippen LogP contribution >= 0.6 is 0 Å². The average molecular weight is 310 g/mol. The SMILES string of the molecule is CC(c1ccc(F)cc1)N(C)C(=O)NCC#Cc1ccccc1. The van der Waals surface area contributed by atoms with Crippen LogP contribution in [-0.4, -0.2) is 24.5 Å². The van der Waals surface area contributed by atoms with Crippen LogP contribution in [0.4, 0.5) is 9.18 Å². The molecule has 1 N–H and O–H groups in total. The standard InChI is InChI=1S/C19H19FN2O/c1-15(17-10-12-18(20)13-11-17)22(2)19(23)21-14-6-9-16-7-4-3-5-8-16/h3-5,7-8,10-13,15H,14H2,1-2H3,(H,21,23). The molecule has 2 rings (SSSR count). The molecule has 118 valence electrons. The predicted octanol–water partition coefficient (Wildman–Crippen LogP) is 3.58. The Morgan fingerprint density at radius 3 is 2.48 bits per heavy atom. The van der Waals surface area contributed by atoms with E-state index in [-0.39, 0.29) is 24.4 Å². The van der Waals surface area contributed by atoms with Crippen LogP contribution in [0.3, 0.4) is 0 Å². The summed E-state index contributed by atoms with van der Waals surface area (Å²) < 4.78 is 12.9. The molecule has 0 radical (unpaired) electrons. The maximum atomic E-state index is 12.9. The molecule has 2 aromatic rings. The molecule has 2 amide bonds. The summed E-state index contributed by atoms with van der Waals surface area (Å²) in [5, 5.41) is 2.75. The van der Waals surface area contributed by atoms with E-state index in [0.29, 0.717) is 0 Å². The molecular weight excluding hydrogens is 291 g/mol. The summed E-state index contributed by atoms with van der Waals surface area (Å²) in [6, 6.07) is 15.4. The highest BCUT2D eigenvalue weighted by atomic mass is 19.1. The number of carbonyl (C=O) groups excluding carboxylic acids is 1. The second-order valence-corrected chi connectivity index (χ2v) is 5.16. The van der Waals surface area contributed by atoms with Crippen LogP contribution in [0.25, 0.3) is 0 Å². The van der Waals surface area contributed by atoms with E-state index in [1.807, 2.05) is 37.3 Å². The maximum Gasteiger partial charge on any atom is 0.318 e. The lowest BCUT2D eigenvalue weighted by Crippen LogP contribution is -2.38. The first-order valence-electron chi connectivity index (χ1n) is 7.38. The summed E-state index contributed by atoms with van der Waals surface area (Å²) in [6.07, 6.45) is 0. The van der Waals surface area contributed by atoms with Crippen molar-refractivity contribution in [3.63, 3.8) is 0 Å². The molecule has 0 aliphatic carbocycles. The summed E-state index contributed by atoms with van der Waals surface area (Å²) in [6.45, 7) is 2.16. The largest absolute Gasteiger partial charge is 0.327 e. The number of amides is 2. The third-order valence-electron chi connectivity index (χ3n) is 3.59. The van der Waals surface area contributed by atoms with E-state index in [2.05, 4.69) is 17.2 Å². The Bertz CT molecular complexity index is 702. The van der Waals surface area contributed by atoms with Gasteiger partial charge in [-0.3, -0.25) is 0 Å². The van der Waals surface area contributed by atoms with Crippen molar-refractivity contribution in [1.29, 1.82) is 0 Å². The molecule has 1 atom stereocenters. The quantitative estimate of drug-likeness (QED) is 0.864. The zero-order valence-electron chi connectivity index (χ0n) is 13.2. The van der Waals surface area contributed by atoms with Crippen molar-refractivity contribution in [1.82, 2.24) is 10.2 Å². The fraction of sp³-hybridized carbons (Fsp3) is 0.211. The number of carbonyl (C=O) groups is 1. The summed E-state index contributed by atoms with van der Waals surface area (Å²) >= 11 is 0. The minimum Gasteiger partial charge on any atom is -0.327 e. The van der Waals surface area contributed by atoms with Gasteiger partial charge in [-0.05, 0) is 36.8 Å². The Balaban J connectivity index is 1.87. The van der Waals surface area contributed by atoms with Crippen LogP contribution in [0.15, 0.2) is 54.6 Å². The van der Waals surface area contributed by atoms with E-state index in [0.717, 1.165) is 11.1 Å².